The quantitative estimate of drug-likeness (QED) is 0.447. The van der Waals surface area contributed by atoms with Crippen molar-refractivity contribution in [3.8, 4) is 0 Å². The molecule has 0 spiro atoms. The number of rotatable bonds is 7. The number of carbonyl (C=O) groups is 1. The van der Waals surface area contributed by atoms with Crippen LogP contribution in [0.5, 0.6) is 0 Å². The molecule has 1 saturated carbocycles. The van der Waals surface area contributed by atoms with Crippen molar-refractivity contribution < 1.29 is 30.8 Å². The Kier molecular flexibility index (Phi) is 8.62. The Labute approximate surface area is 198 Å². The average molecular weight is 508 g/mol. The summed E-state index contributed by atoms with van der Waals surface area (Å²) in [5.41, 5.74) is -2.35. The van der Waals surface area contributed by atoms with Crippen LogP contribution in [0, 0.1) is 5.82 Å². The highest BCUT2D eigenvalue weighted by Crippen LogP contribution is 2.35. The lowest BCUT2D eigenvalue weighted by molar-refractivity contribution is -0.138. The van der Waals surface area contributed by atoms with Crippen molar-refractivity contribution in [3.05, 3.63) is 35.1 Å². The van der Waals surface area contributed by atoms with E-state index in [2.05, 4.69) is 10.2 Å². The second-order valence-corrected chi connectivity index (χ2v) is 11.3. The molecule has 2 aliphatic rings. The molecule has 6 nitrogen and oxygen atoms in total. The lowest BCUT2D eigenvalue weighted by Gasteiger charge is -2.47. The van der Waals surface area contributed by atoms with E-state index >= 15 is 0 Å². The van der Waals surface area contributed by atoms with Gasteiger partial charge in [-0.15, -0.1) is 0 Å². The first kappa shape index (κ1) is 26.9. The van der Waals surface area contributed by atoms with Crippen LogP contribution in [0.4, 0.5) is 17.6 Å². The molecular formula is C23H33F4N3O3S. The Bertz CT molecular complexity index is 953. The first-order chi connectivity index (χ1) is 16.0. The summed E-state index contributed by atoms with van der Waals surface area (Å²) in [7, 11) is -3.30. The largest absolute Gasteiger partial charge is 0.417 e. The van der Waals surface area contributed by atoms with Gasteiger partial charge in [-0.3, -0.25) is 9.69 Å². The average Bonchev–Trinajstić information content (AvgIpc) is 3.03. The van der Waals surface area contributed by atoms with Gasteiger partial charge >= 0.3 is 6.18 Å². The van der Waals surface area contributed by atoms with Gasteiger partial charge in [0.25, 0.3) is 5.91 Å². The maximum Gasteiger partial charge on any atom is 0.417 e. The predicted octanol–water partition coefficient (Wildman–Crippen LogP) is 4.02. The zero-order valence-electron chi connectivity index (χ0n) is 19.5. The number of amides is 1. The second kappa shape index (κ2) is 10.9. The zero-order valence-corrected chi connectivity index (χ0v) is 20.3. The van der Waals surface area contributed by atoms with Crippen molar-refractivity contribution in [1.82, 2.24) is 14.5 Å². The lowest BCUT2D eigenvalue weighted by Crippen LogP contribution is -2.61. The minimum atomic E-state index is -4.85. The summed E-state index contributed by atoms with van der Waals surface area (Å²) < 4.78 is 80.0. The first-order valence-electron chi connectivity index (χ1n) is 11.9. The van der Waals surface area contributed by atoms with Crippen molar-refractivity contribution in [2.45, 2.75) is 63.6 Å². The maximum atomic E-state index is 13.4. The number of hydrogen-bond acceptors (Lipinski definition) is 4. The van der Waals surface area contributed by atoms with Gasteiger partial charge in [0.1, 0.15) is 5.82 Å². The number of sulfonamides is 1. The number of piperazine rings is 1. The van der Waals surface area contributed by atoms with Crippen molar-refractivity contribution >= 4 is 15.9 Å². The SMILES string of the molecule is CCCS(=O)(=O)N1CCN(C2(CNC(=O)c3ccc(F)cc3C(F)(F)F)CCCCCC2)CC1. The summed E-state index contributed by atoms with van der Waals surface area (Å²) in [6, 6.07) is 2.05. The van der Waals surface area contributed by atoms with E-state index < -0.39 is 44.6 Å². The molecule has 0 aromatic heterocycles. The minimum Gasteiger partial charge on any atom is -0.350 e. The zero-order chi connectivity index (χ0) is 25.0. The number of benzene rings is 1. The lowest BCUT2D eigenvalue weighted by atomic mass is 9.87. The van der Waals surface area contributed by atoms with E-state index in [-0.39, 0.29) is 12.3 Å². The molecule has 1 aromatic carbocycles. The molecule has 0 atom stereocenters. The fraction of sp³-hybridized carbons (Fsp3) is 0.696. The summed E-state index contributed by atoms with van der Waals surface area (Å²) in [6.07, 6.45) is 1.16. The number of nitrogens with one attached hydrogen (secondary N) is 1. The highest BCUT2D eigenvalue weighted by atomic mass is 32.2. The molecule has 11 heteroatoms. The van der Waals surface area contributed by atoms with Crippen LogP contribution < -0.4 is 5.32 Å². The van der Waals surface area contributed by atoms with Crippen LogP contribution in [0.25, 0.3) is 0 Å². The van der Waals surface area contributed by atoms with Gasteiger partial charge in [-0.1, -0.05) is 32.6 Å². The monoisotopic (exact) mass is 507 g/mol. The molecule has 1 aliphatic carbocycles. The van der Waals surface area contributed by atoms with Crippen LogP contribution in [0.1, 0.15) is 67.8 Å². The van der Waals surface area contributed by atoms with E-state index in [1.54, 1.807) is 0 Å². The number of hydrogen-bond donors (Lipinski definition) is 1. The normalized spacial score (nSPS) is 20.6. The Morgan fingerprint density at radius 1 is 1.06 bits per heavy atom. The van der Waals surface area contributed by atoms with Crippen molar-refractivity contribution in [2.24, 2.45) is 0 Å². The first-order valence-corrected chi connectivity index (χ1v) is 13.5. The fourth-order valence-electron chi connectivity index (χ4n) is 5.11. The minimum absolute atomic E-state index is 0.105. The van der Waals surface area contributed by atoms with Crippen LogP contribution in [0.15, 0.2) is 18.2 Å². The van der Waals surface area contributed by atoms with Crippen molar-refractivity contribution in [1.29, 1.82) is 0 Å². The molecule has 1 saturated heterocycles. The van der Waals surface area contributed by atoms with Gasteiger partial charge in [0.2, 0.25) is 10.0 Å². The summed E-state index contributed by atoms with van der Waals surface area (Å²) in [5.74, 6) is -1.84. The van der Waals surface area contributed by atoms with E-state index in [9.17, 15) is 30.8 Å². The molecule has 1 N–H and O–H groups in total. The van der Waals surface area contributed by atoms with Gasteiger partial charge in [-0.2, -0.15) is 17.5 Å². The highest BCUT2D eigenvalue weighted by Gasteiger charge is 2.41. The summed E-state index contributed by atoms with van der Waals surface area (Å²) in [6.45, 7) is 3.69. The van der Waals surface area contributed by atoms with Crippen LogP contribution >= 0.6 is 0 Å². The predicted molar refractivity (Wildman–Crippen MR) is 121 cm³/mol. The van der Waals surface area contributed by atoms with Crippen LogP contribution in [-0.4, -0.2) is 67.5 Å². The highest BCUT2D eigenvalue weighted by molar-refractivity contribution is 7.89. The molecule has 3 rings (SSSR count). The van der Waals surface area contributed by atoms with Gasteiger partial charge in [-0.05, 0) is 37.5 Å². The number of carbonyl (C=O) groups excluding carboxylic acids is 1. The molecule has 2 fully saturated rings. The van der Waals surface area contributed by atoms with Gasteiger partial charge < -0.3 is 5.32 Å². The van der Waals surface area contributed by atoms with E-state index in [1.165, 1.54) is 4.31 Å². The topological polar surface area (TPSA) is 69.7 Å². The number of alkyl halides is 3. The van der Waals surface area contributed by atoms with Crippen LogP contribution in [0.3, 0.4) is 0 Å². The van der Waals surface area contributed by atoms with E-state index in [0.717, 1.165) is 50.7 Å². The summed E-state index contributed by atoms with van der Waals surface area (Å²) >= 11 is 0. The third kappa shape index (κ3) is 6.28. The molecular weight excluding hydrogens is 474 g/mol. The molecule has 34 heavy (non-hydrogen) atoms. The number of nitrogens with zero attached hydrogens (tertiary/aromatic N) is 2. The molecule has 1 amide bonds. The molecule has 192 valence electrons. The van der Waals surface area contributed by atoms with Gasteiger partial charge in [0.15, 0.2) is 0 Å². The van der Waals surface area contributed by atoms with Crippen molar-refractivity contribution in [3.63, 3.8) is 0 Å². The molecule has 1 heterocycles. The molecule has 1 aliphatic heterocycles. The summed E-state index contributed by atoms with van der Waals surface area (Å²) in [4.78, 5) is 15.0. The molecule has 0 bridgehead atoms. The molecule has 0 unspecified atom stereocenters. The van der Waals surface area contributed by atoms with E-state index in [0.29, 0.717) is 38.7 Å². The third-order valence-corrected chi connectivity index (χ3v) is 8.98. The molecule has 0 radical (unpaired) electrons. The third-order valence-electron chi connectivity index (χ3n) is 6.91. The Balaban J connectivity index is 1.76. The Hall–Kier alpha value is -1.72. The second-order valence-electron chi connectivity index (χ2n) is 9.21. The summed E-state index contributed by atoms with van der Waals surface area (Å²) in [5, 5.41) is 2.69. The van der Waals surface area contributed by atoms with Crippen molar-refractivity contribution in [2.75, 3.05) is 38.5 Å². The Morgan fingerprint density at radius 3 is 2.24 bits per heavy atom. The number of halogens is 4. The standard InChI is InChI=1S/C23H33F4N3O3S/c1-2-15-34(32,33)30-13-11-29(12-14-30)22(9-5-3-4-6-10-22)17-28-21(31)19-8-7-18(24)16-20(19)23(25,26)27/h7-8,16H,2-6,9-15,17H2,1H3,(H,28,31). The van der Waals surface area contributed by atoms with Crippen LogP contribution in [0.2, 0.25) is 0 Å². The van der Waals surface area contributed by atoms with E-state index in [4.69, 9.17) is 0 Å². The van der Waals surface area contributed by atoms with E-state index in [1.807, 2.05) is 6.92 Å². The molecule has 1 aromatic rings. The van der Waals surface area contributed by atoms with Gasteiger partial charge in [0.05, 0.1) is 16.9 Å². The van der Waals surface area contributed by atoms with Gasteiger partial charge in [-0.25, -0.2) is 12.8 Å². The smallest absolute Gasteiger partial charge is 0.350 e. The van der Waals surface area contributed by atoms with Crippen LogP contribution in [-0.2, 0) is 16.2 Å². The van der Waals surface area contributed by atoms with Gasteiger partial charge in [0, 0.05) is 38.3 Å². The fourth-order valence-corrected chi connectivity index (χ4v) is 6.60. The Morgan fingerprint density at radius 2 is 1.68 bits per heavy atom. The maximum absolute atomic E-state index is 13.4.